The van der Waals surface area contributed by atoms with Crippen LogP contribution in [0.1, 0.15) is 6.42 Å². The summed E-state index contributed by atoms with van der Waals surface area (Å²) in [5.41, 5.74) is 0. The van der Waals surface area contributed by atoms with Gasteiger partial charge >= 0.3 is 6.18 Å². The van der Waals surface area contributed by atoms with Crippen LogP contribution in [0.2, 0.25) is 0 Å². The zero-order valence-electron chi connectivity index (χ0n) is 5.80. The third kappa shape index (κ3) is 5.00. The van der Waals surface area contributed by atoms with E-state index in [1.165, 1.54) is 0 Å². The van der Waals surface area contributed by atoms with Crippen LogP contribution >= 0.6 is 0 Å². The quantitative estimate of drug-likeness (QED) is 0.603. The second-order valence-electron chi connectivity index (χ2n) is 2.01. The summed E-state index contributed by atoms with van der Waals surface area (Å²) in [4.78, 5) is 0. The van der Waals surface area contributed by atoms with Gasteiger partial charge in [0.1, 0.15) is 6.10 Å². The van der Waals surface area contributed by atoms with Crippen LogP contribution in [0.15, 0.2) is 0 Å². The number of rotatable bonds is 3. The van der Waals surface area contributed by atoms with Crippen LogP contribution in [-0.4, -0.2) is 35.9 Å². The molecule has 0 radical (unpaired) electrons. The highest BCUT2D eigenvalue weighted by Gasteiger charge is 2.34. The van der Waals surface area contributed by atoms with E-state index >= 15 is 0 Å². The lowest BCUT2D eigenvalue weighted by Gasteiger charge is -2.17. The van der Waals surface area contributed by atoms with Crippen LogP contribution < -0.4 is 0 Å². The van der Waals surface area contributed by atoms with Crippen LogP contribution in [0.5, 0.6) is 0 Å². The van der Waals surface area contributed by atoms with Crippen LogP contribution in [0.3, 0.4) is 0 Å². The molecule has 0 bridgehead atoms. The van der Waals surface area contributed by atoms with Gasteiger partial charge in [-0.25, -0.2) is 0 Å². The Morgan fingerprint density at radius 3 is 2.09 bits per heavy atom. The van der Waals surface area contributed by atoms with Crippen LogP contribution in [0.4, 0.5) is 13.2 Å². The molecule has 0 saturated carbocycles. The van der Waals surface area contributed by atoms with Gasteiger partial charge in [0, 0.05) is 7.11 Å². The predicted molar refractivity (Wildman–Crippen MR) is 29.7 cm³/mol. The lowest BCUT2D eigenvalue weighted by molar-refractivity contribution is -0.202. The van der Waals surface area contributed by atoms with Gasteiger partial charge in [-0.05, 0) is 0 Å². The number of aliphatic hydroxyl groups is 2. The molecule has 2 N–H and O–H groups in total. The van der Waals surface area contributed by atoms with E-state index in [9.17, 15) is 13.2 Å². The second kappa shape index (κ2) is 3.89. The molecule has 0 aromatic carbocycles. The molecule has 0 aliphatic heterocycles. The molecule has 11 heavy (non-hydrogen) atoms. The first kappa shape index (κ1) is 10.7. The summed E-state index contributed by atoms with van der Waals surface area (Å²) >= 11 is 0. The Morgan fingerprint density at radius 1 is 1.36 bits per heavy atom. The molecule has 0 aliphatic carbocycles. The number of halogens is 3. The molecule has 3 nitrogen and oxygen atoms in total. The Kier molecular flexibility index (Phi) is 3.77. The summed E-state index contributed by atoms with van der Waals surface area (Å²) in [5.74, 6) is 0. The third-order valence-corrected chi connectivity index (χ3v) is 1.01. The minimum Gasteiger partial charge on any atom is -0.387 e. The normalized spacial score (nSPS) is 18.0. The van der Waals surface area contributed by atoms with E-state index in [0.717, 1.165) is 7.11 Å². The summed E-state index contributed by atoms with van der Waals surface area (Å²) < 4.78 is 38.5. The lowest BCUT2D eigenvalue weighted by atomic mass is 10.2. The van der Waals surface area contributed by atoms with E-state index in [2.05, 4.69) is 4.74 Å². The number of hydrogen-bond donors (Lipinski definition) is 2. The molecule has 2 atom stereocenters. The second-order valence-corrected chi connectivity index (χ2v) is 2.01. The summed E-state index contributed by atoms with van der Waals surface area (Å²) in [6, 6.07) is 0. The van der Waals surface area contributed by atoms with Crippen molar-refractivity contribution in [3.8, 4) is 0 Å². The Bertz CT molecular complexity index is 114. The van der Waals surface area contributed by atoms with Gasteiger partial charge in [0.2, 0.25) is 0 Å². The molecule has 0 fully saturated rings. The van der Waals surface area contributed by atoms with Crippen molar-refractivity contribution in [3.05, 3.63) is 0 Å². The number of aliphatic hydroxyl groups excluding tert-OH is 2. The Labute approximate surface area is 61.4 Å². The molecule has 0 saturated heterocycles. The third-order valence-electron chi connectivity index (χ3n) is 1.01. The highest BCUT2D eigenvalue weighted by Crippen LogP contribution is 2.22. The summed E-state index contributed by atoms with van der Waals surface area (Å²) in [6.07, 6.45) is -9.65. The highest BCUT2D eigenvalue weighted by atomic mass is 19.4. The Morgan fingerprint density at radius 2 is 1.82 bits per heavy atom. The topological polar surface area (TPSA) is 49.7 Å². The molecule has 0 spiro atoms. The number of methoxy groups -OCH3 is 1. The molecular weight excluding hydrogens is 165 g/mol. The van der Waals surface area contributed by atoms with Gasteiger partial charge in [-0.1, -0.05) is 0 Å². The molecular formula is C5H9F3O3. The van der Waals surface area contributed by atoms with Gasteiger partial charge in [0.05, 0.1) is 6.42 Å². The van der Waals surface area contributed by atoms with Crippen molar-refractivity contribution in [3.63, 3.8) is 0 Å². The molecule has 0 heterocycles. The van der Waals surface area contributed by atoms with E-state index in [0.29, 0.717) is 0 Å². The first-order valence-corrected chi connectivity index (χ1v) is 2.82. The summed E-state index contributed by atoms with van der Waals surface area (Å²) in [6.45, 7) is 0. The molecule has 0 aromatic heterocycles. The average molecular weight is 174 g/mol. The van der Waals surface area contributed by atoms with Gasteiger partial charge in [-0.3, -0.25) is 0 Å². The summed E-state index contributed by atoms with van der Waals surface area (Å²) in [5, 5.41) is 17.1. The maximum atomic E-state index is 11.5. The van der Waals surface area contributed by atoms with Crippen molar-refractivity contribution in [2.24, 2.45) is 0 Å². The fourth-order valence-corrected chi connectivity index (χ4v) is 0.495. The maximum Gasteiger partial charge on any atom is 0.391 e. The lowest BCUT2D eigenvalue weighted by Crippen LogP contribution is -2.32. The number of ether oxygens (including phenoxy) is 1. The van der Waals surface area contributed by atoms with Crippen LogP contribution in [-0.2, 0) is 4.74 Å². The van der Waals surface area contributed by atoms with Gasteiger partial charge in [0.25, 0.3) is 0 Å². The summed E-state index contributed by atoms with van der Waals surface area (Å²) in [7, 11) is 1.00. The van der Waals surface area contributed by atoms with E-state index < -0.39 is 25.0 Å². The van der Waals surface area contributed by atoms with Crippen LogP contribution in [0.25, 0.3) is 0 Å². The van der Waals surface area contributed by atoms with Crippen molar-refractivity contribution in [1.29, 1.82) is 0 Å². The molecule has 0 aromatic rings. The van der Waals surface area contributed by atoms with Gasteiger partial charge in [-0.2, -0.15) is 13.2 Å². The Balaban J connectivity index is 3.77. The van der Waals surface area contributed by atoms with Crippen molar-refractivity contribution >= 4 is 0 Å². The van der Waals surface area contributed by atoms with Crippen molar-refractivity contribution in [1.82, 2.24) is 0 Å². The number of alkyl halides is 3. The van der Waals surface area contributed by atoms with Crippen LogP contribution in [0, 0.1) is 0 Å². The minimum atomic E-state index is -4.49. The van der Waals surface area contributed by atoms with Gasteiger partial charge < -0.3 is 14.9 Å². The fourth-order valence-electron chi connectivity index (χ4n) is 0.495. The predicted octanol–water partition coefficient (Wildman–Crippen LogP) is 0.264. The molecule has 0 amide bonds. The van der Waals surface area contributed by atoms with E-state index in [1.54, 1.807) is 0 Å². The monoisotopic (exact) mass is 174 g/mol. The van der Waals surface area contributed by atoms with Gasteiger partial charge in [0.15, 0.2) is 6.29 Å². The fraction of sp³-hybridized carbons (Fsp3) is 1.00. The SMILES string of the molecule is COC(O)C(O)CC(F)(F)F. The molecule has 0 rings (SSSR count). The minimum absolute atomic E-state index is 1.00. The highest BCUT2D eigenvalue weighted by molar-refractivity contribution is 4.63. The van der Waals surface area contributed by atoms with Crippen molar-refractivity contribution in [2.75, 3.05) is 7.11 Å². The standard InChI is InChI=1S/C5H9F3O3/c1-11-4(10)3(9)2-5(6,7)8/h3-4,9-10H,2H2,1H3. The first-order valence-electron chi connectivity index (χ1n) is 2.82. The first-order chi connectivity index (χ1) is 4.87. The van der Waals surface area contributed by atoms with Crippen molar-refractivity contribution < 1.29 is 28.1 Å². The smallest absolute Gasteiger partial charge is 0.387 e. The molecule has 0 aliphatic rings. The maximum absolute atomic E-state index is 11.5. The zero-order chi connectivity index (χ0) is 9.07. The largest absolute Gasteiger partial charge is 0.391 e. The average Bonchev–Trinajstić information content (AvgIpc) is 1.82. The van der Waals surface area contributed by atoms with E-state index in [-0.39, 0.29) is 0 Å². The van der Waals surface area contributed by atoms with E-state index in [1.807, 2.05) is 0 Å². The zero-order valence-corrected chi connectivity index (χ0v) is 5.80. The van der Waals surface area contributed by atoms with Gasteiger partial charge in [-0.15, -0.1) is 0 Å². The molecule has 2 unspecified atom stereocenters. The molecule has 68 valence electrons. The van der Waals surface area contributed by atoms with Crippen molar-refractivity contribution in [2.45, 2.75) is 25.0 Å². The van der Waals surface area contributed by atoms with E-state index in [4.69, 9.17) is 10.2 Å². The Hall–Kier alpha value is -0.330. The molecule has 6 heteroatoms. The number of hydrogen-bond acceptors (Lipinski definition) is 3.